The topological polar surface area (TPSA) is 27.1 Å². The van der Waals surface area contributed by atoms with Gasteiger partial charge in [-0.15, -0.1) is 0 Å². The van der Waals surface area contributed by atoms with E-state index in [9.17, 15) is 0 Å². The smallest absolute Gasteiger partial charge is 0.0946 e. The van der Waals surface area contributed by atoms with Crippen molar-refractivity contribution in [2.24, 2.45) is 0 Å². The molecule has 3 nitrogen and oxygen atoms in total. The van der Waals surface area contributed by atoms with E-state index in [2.05, 4.69) is 11.1 Å². The van der Waals surface area contributed by atoms with E-state index >= 15 is 0 Å². The van der Waals surface area contributed by atoms with Crippen molar-refractivity contribution in [3.05, 3.63) is 101 Å². The van der Waals surface area contributed by atoms with Gasteiger partial charge < -0.3 is 9.30 Å². The highest BCUT2D eigenvalue weighted by molar-refractivity contribution is 6.30. The van der Waals surface area contributed by atoms with E-state index < -0.39 is 0 Å². The average Bonchev–Trinajstić information content (AvgIpc) is 3.19. The third-order valence-electron chi connectivity index (χ3n) is 3.91. The molecule has 5 heteroatoms. The van der Waals surface area contributed by atoms with Crippen LogP contribution in [0.3, 0.4) is 0 Å². The van der Waals surface area contributed by atoms with Gasteiger partial charge in [0.25, 0.3) is 0 Å². The van der Waals surface area contributed by atoms with Crippen LogP contribution in [0.5, 0.6) is 0 Å². The Balaban J connectivity index is 1.60. The Kier molecular flexibility index (Phi) is 7.28. The summed E-state index contributed by atoms with van der Waals surface area (Å²) in [5, 5.41) is 1.46. The molecule has 138 valence electrons. The van der Waals surface area contributed by atoms with Crippen molar-refractivity contribution in [1.82, 2.24) is 9.55 Å². The molecular weight excluding hydrogens is 379 g/mol. The number of nitrogens with zero attached hydrogens (tertiary/aromatic N) is 2. The van der Waals surface area contributed by atoms with Crippen molar-refractivity contribution in [1.29, 1.82) is 0 Å². The molecule has 1 atom stereocenters. The predicted octanol–water partition coefficient (Wildman–Crippen LogP) is 6.00. The van der Waals surface area contributed by atoms with Crippen LogP contribution in [-0.4, -0.2) is 22.3 Å². The molecule has 27 heavy (non-hydrogen) atoms. The number of hydrogen-bond donors (Lipinski definition) is 0. The molecule has 0 bridgehead atoms. The summed E-state index contributed by atoms with van der Waals surface area (Å²) in [6.07, 6.45) is 13.5. The molecular formula is C22H20Cl2N2O. The molecule has 0 aliphatic rings. The van der Waals surface area contributed by atoms with Gasteiger partial charge in [-0.2, -0.15) is 0 Å². The van der Waals surface area contributed by atoms with E-state index in [0.29, 0.717) is 13.2 Å². The molecule has 0 aliphatic carbocycles. The largest absolute Gasteiger partial charge is 0.368 e. The second-order valence-electron chi connectivity index (χ2n) is 6.00. The number of halogens is 2. The summed E-state index contributed by atoms with van der Waals surface area (Å²) in [6.45, 7) is 1.20. The minimum absolute atomic E-state index is 0.0789. The molecule has 1 aromatic heterocycles. The number of imidazole rings is 1. The number of ether oxygens (including phenoxy) is 1. The summed E-state index contributed by atoms with van der Waals surface area (Å²) in [5.74, 6) is 0. The molecule has 2 aromatic carbocycles. The van der Waals surface area contributed by atoms with Gasteiger partial charge in [0.05, 0.1) is 25.6 Å². The lowest BCUT2D eigenvalue weighted by Gasteiger charge is -2.14. The SMILES string of the molecule is Clc1ccc(C=CCOC(C=Cc2ccc(Cl)cc2)Cn2ccnc2)cc1. The highest BCUT2D eigenvalue weighted by Gasteiger charge is 2.05. The Morgan fingerprint density at radius 1 is 0.926 bits per heavy atom. The predicted molar refractivity (Wildman–Crippen MR) is 113 cm³/mol. The Hall–Kier alpha value is -2.33. The summed E-state index contributed by atoms with van der Waals surface area (Å²) in [4.78, 5) is 4.09. The molecule has 0 spiro atoms. The molecule has 0 saturated heterocycles. The lowest BCUT2D eigenvalue weighted by atomic mass is 10.2. The summed E-state index contributed by atoms with van der Waals surface area (Å²) >= 11 is 11.8. The van der Waals surface area contributed by atoms with Gasteiger partial charge in [-0.1, -0.05) is 71.8 Å². The highest BCUT2D eigenvalue weighted by atomic mass is 35.5. The van der Waals surface area contributed by atoms with Gasteiger partial charge in [0.15, 0.2) is 0 Å². The molecule has 1 heterocycles. The molecule has 0 amide bonds. The monoisotopic (exact) mass is 398 g/mol. The van der Waals surface area contributed by atoms with Crippen LogP contribution in [0, 0.1) is 0 Å². The number of benzene rings is 2. The van der Waals surface area contributed by atoms with Crippen LogP contribution in [0.25, 0.3) is 12.2 Å². The van der Waals surface area contributed by atoms with E-state index in [4.69, 9.17) is 27.9 Å². The van der Waals surface area contributed by atoms with E-state index in [0.717, 1.165) is 21.2 Å². The van der Waals surface area contributed by atoms with Gasteiger partial charge in [0.1, 0.15) is 0 Å². The summed E-state index contributed by atoms with van der Waals surface area (Å²) in [5.41, 5.74) is 2.17. The summed E-state index contributed by atoms with van der Waals surface area (Å²) in [7, 11) is 0. The van der Waals surface area contributed by atoms with Crippen molar-refractivity contribution in [3.63, 3.8) is 0 Å². The minimum atomic E-state index is -0.0789. The van der Waals surface area contributed by atoms with Gasteiger partial charge in [-0.3, -0.25) is 0 Å². The van der Waals surface area contributed by atoms with Crippen molar-refractivity contribution in [2.45, 2.75) is 12.6 Å². The standard InChI is InChI=1S/C22H20Cl2N2O/c23-20-8-3-18(4-9-20)2-1-15-27-22(16-26-14-13-25-17-26)12-7-19-5-10-21(24)11-6-19/h1-14,17,22H,15-16H2. The first-order chi connectivity index (χ1) is 13.2. The first kappa shape index (κ1) is 19.4. The molecule has 3 aromatic rings. The van der Waals surface area contributed by atoms with Crippen LogP contribution in [0.4, 0.5) is 0 Å². The fraction of sp³-hybridized carbons (Fsp3) is 0.136. The number of rotatable bonds is 8. The van der Waals surface area contributed by atoms with E-state index in [1.165, 1.54) is 0 Å². The van der Waals surface area contributed by atoms with E-state index in [1.54, 1.807) is 12.5 Å². The molecule has 0 aliphatic heterocycles. The molecule has 0 N–H and O–H groups in total. The van der Waals surface area contributed by atoms with Gasteiger partial charge in [-0.25, -0.2) is 4.98 Å². The van der Waals surface area contributed by atoms with Crippen LogP contribution in [0.15, 0.2) is 79.4 Å². The molecule has 0 saturated carbocycles. The zero-order valence-corrected chi connectivity index (χ0v) is 16.2. The molecule has 3 rings (SSSR count). The Bertz CT molecular complexity index is 870. The van der Waals surface area contributed by atoms with Crippen LogP contribution >= 0.6 is 23.2 Å². The highest BCUT2D eigenvalue weighted by Crippen LogP contribution is 2.13. The first-order valence-corrected chi connectivity index (χ1v) is 9.38. The Labute approximate surface area is 169 Å². The minimum Gasteiger partial charge on any atom is -0.368 e. The van der Waals surface area contributed by atoms with Crippen LogP contribution in [0.1, 0.15) is 11.1 Å². The quantitative estimate of drug-likeness (QED) is 0.464. The molecule has 0 fully saturated rings. The second-order valence-corrected chi connectivity index (χ2v) is 6.87. The lowest BCUT2D eigenvalue weighted by Crippen LogP contribution is -2.17. The van der Waals surface area contributed by atoms with Crippen molar-refractivity contribution in [2.75, 3.05) is 6.61 Å². The molecule has 0 radical (unpaired) electrons. The van der Waals surface area contributed by atoms with E-state index in [-0.39, 0.29) is 6.10 Å². The van der Waals surface area contributed by atoms with Gasteiger partial charge in [0.2, 0.25) is 0 Å². The zero-order chi connectivity index (χ0) is 18.9. The summed E-state index contributed by atoms with van der Waals surface area (Å²) < 4.78 is 8.03. The van der Waals surface area contributed by atoms with Crippen LogP contribution < -0.4 is 0 Å². The van der Waals surface area contributed by atoms with E-state index in [1.807, 2.05) is 77.5 Å². The van der Waals surface area contributed by atoms with Gasteiger partial charge in [-0.05, 0) is 35.4 Å². The van der Waals surface area contributed by atoms with Crippen molar-refractivity contribution >= 4 is 35.4 Å². The normalized spacial score (nSPS) is 12.8. The Morgan fingerprint density at radius 3 is 2.15 bits per heavy atom. The maximum absolute atomic E-state index is 6.03. The second kappa shape index (κ2) is 10.1. The van der Waals surface area contributed by atoms with Crippen LogP contribution in [-0.2, 0) is 11.3 Å². The maximum atomic E-state index is 6.03. The van der Waals surface area contributed by atoms with Crippen molar-refractivity contribution in [3.8, 4) is 0 Å². The van der Waals surface area contributed by atoms with Gasteiger partial charge >= 0.3 is 0 Å². The summed E-state index contributed by atoms with van der Waals surface area (Å²) in [6, 6.07) is 15.4. The number of aromatic nitrogens is 2. The van der Waals surface area contributed by atoms with Crippen LogP contribution in [0.2, 0.25) is 10.0 Å². The first-order valence-electron chi connectivity index (χ1n) is 8.62. The maximum Gasteiger partial charge on any atom is 0.0946 e. The number of hydrogen-bond acceptors (Lipinski definition) is 2. The third kappa shape index (κ3) is 6.72. The third-order valence-corrected chi connectivity index (χ3v) is 4.41. The Morgan fingerprint density at radius 2 is 1.56 bits per heavy atom. The fourth-order valence-corrected chi connectivity index (χ4v) is 2.75. The average molecular weight is 399 g/mol. The van der Waals surface area contributed by atoms with Crippen molar-refractivity contribution < 1.29 is 4.74 Å². The molecule has 1 unspecified atom stereocenters. The lowest BCUT2D eigenvalue weighted by molar-refractivity contribution is 0.0968. The zero-order valence-electron chi connectivity index (χ0n) is 14.7. The van der Waals surface area contributed by atoms with Gasteiger partial charge in [0, 0.05) is 22.4 Å². The fourth-order valence-electron chi connectivity index (χ4n) is 2.50.